The topological polar surface area (TPSA) is 70.4 Å². The zero-order valence-electron chi connectivity index (χ0n) is 9.31. The third kappa shape index (κ3) is 1.81. The van der Waals surface area contributed by atoms with Crippen molar-refractivity contribution in [2.75, 3.05) is 14.2 Å². The van der Waals surface area contributed by atoms with Gasteiger partial charge in [-0.3, -0.25) is 0 Å². The molecule has 0 atom stereocenters. The van der Waals surface area contributed by atoms with Crippen molar-refractivity contribution in [2.24, 2.45) is 0 Å². The van der Waals surface area contributed by atoms with Crippen molar-refractivity contribution in [2.45, 2.75) is 6.92 Å². The summed E-state index contributed by atoms with van der Waals surface area (Å²) in [5.41, 5.74) is 0.489. The molecule has 1 heterocycles. The van der Waals surface area contributed by atoms with Gasteiger partial charge in [0.05, 0.1) is 19.9 Å². The fraction of sp³-hybridized carbons (Fsp3) is 0.300. The van der Waals surface area contributed by atoms with E-state index in [1.807, 2.05) is 0 Å². The Balaban J connectivity index is 3.41. The minimum absolute atomic E-state index is 0.0771. The maximum Gasteiger partial charge on any atom is 0.359 e. The summed E-state index contributed by atoms with van der Waals surface area (Å²) >= 11 is 0. The molecule has 0 N–H and O–H groups in total. The van der Waals surface area contributed by atoms with Crippen LogP contribution >= 0.6 is 0 Å². The van der Waals surface area contributed by atoms with Crippen LogP contribution in [-0.2, 0) is 9.47 Å². The fourth-order valence-electron chi connectivity index (χ4n) is 1.28. The van der Waals surface area contributed by atoms with Crippen molar-refractivity contribution in [3.63, 3.8) is 0 Å². The molecule has 0 saturated carbocycles. The van der Waals surface area contributed by atoms with E-state index in [0.29, 0.717) is 5.69 Å². The van der Waals surface area contributed by atoms with Gasteiger partial charge in [-0.15, -0.1) is 0 Å². The van der Waals surface area contributed by atoms with Crippen LogP contribution in [0.3, 0.4) is 0 Å². The SMILES string of the molecule is C=Cn1nc(C(=O)OC)c(C(=O)OC)c1C. The predicted molar refractivity (Wildman–Crippen MR) is 56.0 cm³/mol. The number of hydrogen-bond donors (Lipinski definition) is 0. The van der Waals surface area contributed by atoms with E-state index in [-0.39, 0.29) is 11.3 Å². The predicted octanol–water partition coefficient (Wildman–Crippen LogP) is 0.865. The van der Waals surface area contributed by atoms with Gasteiger partial charge < -0.3 is 9.47 Å². The number of rotatable bonds is 3. The van der Waals surface area contributed by atoms with Gasteiger partial charge in [0.1, 0.15) is 5.56 Å². The van der Waals surface area contributed by atoms with Crippen molar-refractivity contribution in [3.05, 3.63) is 23.5 Å². The van der Waals surface area contributed by atoms with E-state index >= 15 is 0 Å². The molecule has 1 aromatic rings. The van der Waals surface area contributed by atoms with Gasteiger partial charge in [-0.05, 0) is 6.92 Å². The molecular formula is C10H12N2O4. The van der Waals surface area contributed by atoms with Gasteiger partial charge in [-0.25, -0.2) is 14.3 Å². The van der Waals surface area contributed by atoms with Crippen LogP contribution < -0.4 is 0 Å². The van der Waals surface area contributed by atoms with E-state index in [1.54, 1.807) is 6.92 Å². The molecule has 0 aromatic carbocycles. The van der Waals surface area contributed by atoms with Crippen molar-refractivity contribution in [1.82, 2.24) is 9.78 Å². The monoisotopic (exact) mass is 224 g/mol. The maximum atomic E-state index is 11.5. The van der Waals surface area contributed by atoms with Gasteiger partial charge in [-0.2, -0.15) is 5.10 Å². The Kier molecular flexibility index (Phi) is 3.44. The van der Waals surface area contributed by atoms with Crippen molar-refractivity contribution < 1.29 is 19.1 Å². The first-order valence-electron chi connectivity index (χ1n) is 4.45. The molecule has 0 spiro atoms. The van der Waals surface area contributed by atoms with E-state index in [2.05, 4.69) is 21.2 Å². The molecule has 6 nitrogen and oxygen atoms in total. The Bertz CT molecular complexity index is 448. The molecule has 0 aliphatic rings. The molecule has 0 aliphatic carbocycles. The Hall–Kier alpha value is -2.11. The molecule has 1 aromatic heterocycles. The molecule has 0 bridgehead atoms. The summed E-state index contributed by atoms with van der Waals surface area (Å²) in [5, 5.41) is 3.89. The smallest absolute Gasteiger partial charge is 0.359 e. The number of hydrogen-bond acceptors (Lipinski definition) is 5. The molecule has 86 valence electrons. The van der Waals surface area contributed by atoms with Gasteiger partial charge in [0.15, 0.2) is 5.69 Å². The number of esters is 2. The Morgan fingerprint density at radius 2 is 1.88 bits per heavy atom. The van der Waals surface area contributed by atoms with E-state index in [4.69, 9.17) is 0 Å². The summed E-state index contributed by atoms with van der Waals surface area (Å²) in [4.78, 5) is 22.9. The van der Waals surface area contributed by atoms with Crippen molar-refractivity contribution in [3.8, 4) is 0 Å². The average Bonchev–Trinajstić information content (AvgIpc) is 2.64. The number of carbonyl (C=O) groups excluding carboxylic acids is 2. The molecule has 1 rings (SSSR count). The number of carbonyl (C=O) groups is 2. The van der Waals surface area contributed by atoms with Crippen molar-refractivity contribution >= 4 is 18.1 Å². The molecule has 0 unspecified atom stereocenters. The number of methoxy groups -OCH3 is 2. The fourth-order valence-corrected chi connectivity index (χ4v) is 1.28. The Labute approximate surface area is 92.5 Å². The highest BCUT2D eigenvalue weighted by molar-refractivity contribution is 6.02. The van der Waals surface area contributed by atoms with Crippen LogP contribution in [0, 0.1) is 6.92 Å². The molecule has 0 fully saturated rings. The van der Waals surface area contributed by atoms with Crippen LogP contribution in [0.2, 0.25) is 0 Å². The minimum atomic E-state index is -0.691. The first-order chi connectivity index (χ1) is 7.56. The maximum absolute atomic E-state index is 11.5. The minimum Gasteiger partial charge on any atom is -0.465 e. The normalized spacial score (nSPS) is 9.69. The molecule has 0 radical (unpaired) electrons. The van der Waals surface area contributed by atoms with Crippen LogP contribution in [0.1, 0.15) is 26.5 Å². The van der Waals surface area contributed by atoms with Crippen LogP contribution in [0.15, 0.2) is 6.58 Å². The van der Waals surface area contributed by atoms with Gasteiger partial charge in [0.2, 0.25) is 0 Å². The first kappa shape index (κ1) is 12.0. The second-order valence-electron chi connectivity index (χ2n) is 2.92. The highest BCUT2D eigenvalue weighted by Gasteiger charge is 2.26. The van der Waals surface area contributed by atoms with Gasteiger partial charge in [-0.1, -0.05) is 6.58 Å². The summed E-state index contributed by atoms with van der Waals surface area (Å²) in [7, 11) is 2.44. The van der Waals surface area contributed by atoms with Gasteiger partial charge >= 0.3 is 11.9 Å². The summed E-state index contributed by atoms with van der Waals surface area (Å²) in [6.45, 7) is 5.15. The van der Waals surface area contributed by atoms with E-state index in [1.165, 1.54) is 25.1 Å². The lowest BCUT2D eigenvalue weighted by Crippen LogP contribution is -2.11. The standard InChI is InChI=1S/C10H12N2O4/c1-5-12-6(2)7(9(13)15-3)8(11-12)10(14)16-4/h5H,1H2,2-4H3. The third-order valence-corrected chi connectivity index (χ3v) is 2.09. The lowest BCUT2D eigenvalue weighted by atomic mass is 10.2. The van der Waals surface area contributed by atoms with Crippen molar-refractivity contribution in [1.29, 1.82) is 0 Å². The molecule has 16 heavy (non-hydrogen) atoms. The zero-order valence-corrected chi connectivity index (χ0v) is 9.31. The summed E-state index contributed by atoms with van der Waals surface area (Å²) < 4.78 is 10.4. The van der Waals surface area contributed by atoms with Crippen LogP contribution in [0.25, 0.3) is 6.20 Å². The van der Waals surface area contributed by atoms with Gasteiger partial charge in [0, 0.05) is 6.20 Å². The molecular weight excluding hydrogens is 212 g/mol. The average molecular weight is 224 g/mol. The first-order valence-corrected chi connectivity index (χ1v) is 4.45. The second-order valence-corrected chi connectivity index (χ2v) is 2.92. The van der Waals surface area contributed by atoms with Crippen LogP contribution in [0.5, 0.6) is 0 Å². The van der Waals surface area contributed by atoms with Gasteiger partial charge in [0.25, 0.3) is 0 Å². The summed E-state index contributed by atoms with van der Waals surface area (Å²) in [6, 6.07) is 0. The van der Waals surface area contributed by atoms with E-state index < -0.39 is 11.9 Å². The summed E-state index contributed by atoms with van der Waals surface area (Å²) in [6.07, 6.45) is 1.38. The lowest BCUT2D eigenvalue weighted by molar-refractivity contribution is 0.0551. The molecule has 0 amide bonds. The lowest BCUT2D eigenvalue weighted by Gasteiger charge is -2.00. The third-order valence-electron chi connectivity index (χ3n) is 2.09. The van der Waals surface area contributed by atoms with E-state index in [9.17, 15) is 9.59 Å². The van der Waals surface area contributed by atoms with E-state index in [0.717, 1.165) is 0 Å². The number of nitrogens with zero attached hydrogens (tertiary/aromatic N) is 2. The second kappa shape index (κ2) is 4.61. The largest absolute Gasteiger partial charge is 0.465 e. The highest BCUT2D eigenvalue weighted by Crippen LogP contribution is 2.16. The summed E-state index contributed by atoms with van der Waals surface area (Å²) in [5.74, 6) is -1.32. The molecule has 0 aliphatic heterocycles. The van der Waals surface area contributed by atoms with Crippen LogP contribution in [0.4, 0.5) is 0 Å². The Morgan fingerprint density at radius 1 is 1.31 bits per heavy atom. The Morgan fingerprint density at radius 3 is 2.31 bits per heavy atom. The number of ether oxygens (including phenoxy) is 2. The zero-order chi connectivity index (χ0) is 12.3. The number of aromatic nitrogens is 2. The quantitative estimate of drug-likeness (QED) is 0.712. The highest BCUT2D eigenvalue weighted by atomic mass is 16.5. The molecule has 0 saturated heterocycles. The molecule has 6 heteroatoms. The van der Waals surface area contributed by atoms with Crippen LogP contribution in [-0.4, -0.2) is 35.9 Å².